The van der Waals surface area contributed by atoms with E-state index in [9.17, 15) is 5.11 Å². The maximum Gasteiger partial charge on any atom is 0.0600 e. The molecule has 0 aromatic rings. The lowest BCUT2D eigenvalue weighted by Crippen LogP contribution is -2.37. The Kier molecular flexibility index (Phi) is 4.60. The minimum atomic E-state index is -0.170. The van der Waals surface area contributed by atoms with Crippen molar-refractivity contribution in [2.24, 2.45) is 11.3 Å². The molecule has 0 amide bonds. The molecule has 0 saturated carbocycles. The summed E-state index contributed by atoms with van der Waals surface area (Å²) in [5.74, 6) is 0.897. The first-order chi connectivity index (χ1) is 6.89. The number of aliphatic hydroxyl groups is 1. The Morgan fingerprint density at radius 3 is 2.27 bits per heavy atom. The van der Waals surface area contributed by atoms with Crippen molar-refractivity contribution in [1.29, 1.82) is 0 Å². The highest BCUT2D eigenvalue weighted by molar-refractivity contribution is 4.76. The minimum Gasteiger partial charge on any atom is -0.393 e. The van der Waals surface area contributed by atoms with E-state index in [-0.39, 0.29) is 11.5 Å². The van der Waals surface area contributed by atoms with Gasteiger partial charge in [-0.3, -0.25) is 0 Å². The van der Waals surface area contributed by atoms with Crippen LogP contribution in [0.4, 0.5) is 0 Å². The van der Waals surface area contributed by atoms with Crippen LogP contribution in [0, 0.1) is 11.3 Å². The molecular weight excluding hydrogens is 186 g/mol. The van der Waals surface area contributed by atoms with Crippen LogP contribution in [-0.4, -0.2) is 35.7 Å². The van der Waals surface area contributed by atoms with Crippen molar-refractivity contribution in [3.05, 3.63) is 0 Å². The average molecular weight is 213 g/mol. The molecular formula is C13H27NO. The van der Waals surface area contributed by atoms with Crippen LogP contribution in [0.15, 0.2) is 0 Å². The van der Waals surface area contributed by atoms with E-state index in [4.69, 9.17) is 0 Å². The SMILES string of the molecule is CC1CCN(CCC(O)C(C)(C)C)CC1. The molecule has 1 saturated heterocycles. The Bertz CT molecular complexity index is 177. The van der Waals surface area contributed by atoms with Crippen LogP contribution in [-0.2, 0) is 0 Å². The van der Waals surface area contributed by atoms with Crippen LogP contribution in [0.3, 0.4) is 0 Å². The van der Waals surface area contributed by atoms with Gasteiger partial charge in [0.15, 0.2) is 0 Å². The van der Waals surface area contributed by atoms with Gasteiger partial charge in [0.2, 0.25) is 0 Å². The topological polar surface area (TPSA) is 23.5 Å². The molecule has 1 N–H and O–H groups in total. The molecule has 0 aromatic heterocycles. The molecule has 2 nitrogen and oxygen atoms in total. The van der Waals surface area contributed by atoms with Gasteiger partial charge in [-0.15, -0.1) is 0 Å². The lowest BCUT2D eigenvalue weighted by Gasteiger charge is -2.33. The monoisotopic (exact) mass is 213 g/mol. The van der Waals surface area contributed by atoms with Crippen LogP contribution in [0.5, 0.6) is 0 Å². The number of nitrogens with zero attached hydrogens (tertiary/aromatic N) is 1. The molecule has 1 aliphatic rings. The maximum absolute atomic E-state index is 9.94. The number of piperidine rings is 1. The van der Waals surface area contributed by atoms with Crippen molar-refractivity contribution < 1.29 is 5.11 Å². The first-order valence-corrected chi connectivity index (χ1v) is 6.30. The van der Waals surface area contributed by atoms with E-state index in [1.165, 1.54) is 25.9 Å². The minimum absolute atomic E-state index is 0.0308. The molecule has 90 valence electrons. The number of hydrogen-bond donors (Lipinski definition) is 1. The second-order valence-electron chi connectivity index (χ2n) is 6.19. The third-order valence-electron chi connectivity index (χ3n) is 3.59. The van der Waals surface area contributed by atoms with E-state index in [2.05, 4.69) is 32.6 Å². The molecule has 15 heavy (non-hydrogen) atoms. The predicted molar refractivity (Wildman–Crippen MR) is 64.9 cm³/mol. The van der Waals surface area contributed by atoms with E-state index in [1.54, 1.807) is 0 Å². The van der Waals surface area contributed by atoms with Crippen molar-refractivity contribution in [1.82, 2.24) is 4.90 Å². The molecule has 1 aliphatic heterocycles. The molecule has 1 heterocycles. The van der Waals surface area contributed by atoms with Gasteiger partial charge in [0.05, 0.1) is 6.10 Å². The van der Waals surface area contributed by atoms with E-state index in [0.29, 0.717) is 0 Å². The molecule has 1 atom stereocenters. The summed E-state index contributed by atoms with van der Waals surface area (Å²) in [7, 11) is 0. The summed E-state index contributed by atoms with van der Waals surface area (Å²) in [6.07, 6.45) is 3.40. The Balaban J connectivity index is 2.20. The van der Waals surface area contributed by atoms with Crippen LogP contribution >= 0.6 is 0 Å². The highest BCUT2D eigenvalue weighted by atomic mass is 16.3. The van der Waals surface area contributed by atoms with Crippen molar-refractivity contribution in [3.8, 4) is 0 Å². The second-order valence-corrected chi connectivity index (χ2v) is 6.19. The van der Waals surface area contributed by atoms with Gasteiger partial charge in [-0.05, 0) is 43.7 Å². The zero-order chi connectivity index (χ0) is 11.5. The van der Waals surface area contributed by atoms with Crippen molar-refractivity contribution in [3.63, 3.8) is 0 Å². The fourth-order valence-corrected chi connectivity index (χ4v) is 2.02. The number of likely N-dealkylation sites (tertiary alicyclic amines) is 1. The fourth-order valence-electron chi connectivity index (χ4n) is 2.02. The lowest BCUT2D eigenvalue weighted by molar-refractivity contribution is 0.0420. The Morgan fingerprint density at radius 1 is 1.27 bits per heavy atom. The molecule has 0 spiro atoms. The second kappa shape index (κ2) is 5.31. The first kappa shape index (κ1) is 13.0. The number of hydrogen-bond acceptors (Lipinski definition) is 2. The zero-order valence-electron chi connectivity index (χ0n) is 10.8. The van der Waals surface area contributed by atoms with E-state index >= 15 is 0 Å². The van der Waals surface area contributed by atoms with Gasteiger partial charge in [0, 0.05) is 6.54 Å². The highest BCUT2D eigenvalue weighted by Gasteiger charge is 2.23. The molecule has 2 heteroatoms. The summed E-state index contributed by atoms with van der Waals surface area (Å²) in [4.78, 5) is 2.50. The van der Waals surface area contributed by atoms with Crippen LogP contribution in [0.25, 0.3) is 0 Å². The lowest BCUT2D eigenvalue weighted by atomic mass is 9.87. The van der Waals surface area contributed by atoms with Crippen molar-refractivity contribution >= 4 is 0 Å². The van der Waals surface area contributed by atoms with Crippen LogP contribution in [0.2, 0.25) is 0 Å². The highest BCUT2D eigenvalue weighted by Crippen LogP contribution is 2.23. The van der Waals surface area contributed by atoms with Gasteiger partial charge in [-0.1, -0.05) is 27.7 Å². The summed E-state index contributed by atoms with van der Waals surface area (Å²) in [6, 6.07) is 0. The molecule has 0 radical (unpaired) electrons. The Labute approximate surface area is 94.7 Å². The third-order valence-corrected chi connectivity index (χ3v) is 3.59. The van der Waals surface area contributed by atoms with Gasteiger partial charge in [-0.2, -0.15) is 0 Å². The molecule has 0 bridgehead atoms. The van der Waals surface area contributed by atoms with E-state index < -0.39 is 0 Å². The molecule has 1 rings (SSSR count). The summed E-state index contributed by atoms with van der Waals surface area (Å²) in [6.45, 7) is 12.2. The van der Waals surface area contributed by atoms with Gasteiger partial charge in [0.1, 0.15) is 0 Å². The van der Waals surface area contributed by atoms with Crippen LogP contribution < -0.4 is 0 Å². The first-order valence-electron chi connectivity index (χ1n) is 6.30. The number of aliphatic hydroxyl groups excluding tert-OH is 1. The smallest absolute Gasteiger partial charge is 0.0600 e. The third kappa shape index (κ3) is 4.52. The van der Waals surface area contributed by atoms with E-state index in [1.807, 2.05) is 0 Å². The molecule has 0 aromatic carbocycles. The molecule has 0 aliphatic carbocycles. The maximum atomic E-state index is 9.94. The molecule has 1 fully saturated rings. The number of rotatable bonds is 3. The largest absolute Gasteiger partial charge is 0.393 e. The van der Waals surface area contributed by atoms with Gasteiger partial charge >= 0.3 is 0 Å². The Hall–Kier alpha value is -0.0800. The van der Waals surface area contributed by atoms with Gasteiger partial charge in [0.25, 0.3) is 0 Å². The summed E-state index contributed by atoms with van der Waals surface area (Å²) >= 11 is 0. The summed E-state index contributed by atoms with van der Waals surface area (Å²) < 4.78 is 0. The van der Waals surface area contributed by atoms with Gasteiger partial charge < -0.3 is 10.0 Å². The van der Waals surface area contributed by atoms with Crippen LogP contribution in [0.1, 0.15) is 47.0 Å². The molecule has 1 unspecified atom stereocenters. The predicted octanol–water partition coefficient (Wildman–Crippen LogP) is 2.52. The Morgan fingerprint density at radius 2 is 1.80 bits per heavy atom. The van der Waals surface area contributed by atoms with Gasteiger partial charge in [-0.25, -0.2) is 0 Å². The standard InChI is InChI=1S/C13H27NO/c1-11-5-8-14(9-6-11)10-7-12(15)13(2,3)4/h11-12,15H,5-10H2,1-4H3. The quantitative estimate of drug-likeness (QED) is 0.778. The van der Waals surface area contributed by atoms with Crippen molar-refractivity contribution in [2.75, 3.05) is 19.6 Å². The average Bonchev–Trinajstić information content (AvgIpc) is 2.15. The zero-order valence-corrected chi connectivity index (χ0v) is 10.8. The van der Waals surface area contributed by atoms with E-state index in [0.717, 1.165) is 18.9 Å². The summed E-state index contributed by atoms with van der Waals surface area (Å²) in [5, 5.41) is 9.94. The fraction of sp³-hybridized carbons (Fsp3) is 1.00. The summed E-state index contributed by atoms with van der Waals surface area (Å²) in [5.41, 5.74) is 0.0308. The van der Waals surface area contributed by atoms with Crippen molar-refractivity contribution in [2.45, 2.75) is 53.1 Å². The normalized spacial score (nSPS) is 23.0.